The molecular formula is C19H40. The quantitative estimate of drug-likeness (QED) is 0.402. The van der Waals surface area contributed by atoms with Crippen molar-refractivity contribution in [2.24, 2.45) is 29.1 Å². The minimum atomic E-state index is 0.539. The molecule has 0 saturated carbocycles. The summed E-state index contributed by atoms with van der Waals surface area (Å²) >= 11 is 0. The number of hydrogen-bond acceptors (Lipinski definition) is 0. The lowest BCUT2D eigenvalue weighted by Gasteiger charge is -2.39. The van der Waals surface area contributed by atoms with Gasteiger partial charge in [-0.15, -0.1) is 0 Å². The summed E-state index contributed by atoms with van der Waals surface area (Å²) in [6.07, 6.45) is 8.23. The Labute approximate surface area is 123 Å². The van der Waals surface area contributed by atoms with Crippen LogP contribution in [0.15, 0.2) is 0 Å². The lowest BCUT2D eigenvalue weighted by Crippen LogP contribution is -2.29. The van der Waals surface area contributed by atoms with Gasteiger partial charge in [0.05, 0.1) is 0 Å². The van der Waals surface area contributed by atoms with Crippen LogP contribution in [0.25, 0.3) is 0 Å². The van der Waals surface area contributed by atoms with Crippen molar-refractivity contribution in [3.63, 3.8) is 0 Å². The SMILES string of the molecule is CCCC(C)(CC(C)C(CC)CC(C)CC)C(C)C. The minimum absolute atomic E-state index is 0.539. The van der Waals surface area contributed by atoms with Gasteiger partial charge < -0.3 is 0 Å². The maximum atomic E-state index is 2.52. The maximum Gasteiger partial charge on any atom is -0.0300 e. The van der Waals surface area contributed by atoms with Gasteiger partial charge in [-0.3, -0.25) is 0 Å². The third-order valence-corrected chi connectivity index (χ3v) is 5.73. The number of hydrogen-bond donors (Lipinski definition) is 0. The summed E-state index contributed by atoms with van der Waals surface area (Å²) in [5, 5.41) is 0. The normalized spacial score (nSPS) is 20.1. The summed E-state index contributed by atoms with van der Waals surface area (Å²) in [6, 6.07) is 0. The van der Waals surface area contributed by atoms with Crippen LogP contribution in [0.4, 0.5) is 0 Å². The first-order valence-electron chi connectivity index (χ1n) is 8.80. The van der Waals surface area contributed by atoms with Crippen molar-refractivity contribution in [1.82, 2.24) is 0 Å². The molecule has 0 radical (unpaired) electrons. The first-order chi connectivity index (χ1) is 8.80. The van der Waals surface area contributed by atoms with Crippen LogP contribution < -0.4 is 0 Å². The van der Waals surface area contributed by atoms with Gasteiger partial charge in [-0.05, 0) is 48.3 Å². The Morgan fingerprint density at radius 1 is 0.895 bits per heavy atom. The van der Waals surface area contributed by atoms with Gasteiger partial charge in [-0.1, -0.05) is 74.7 Å². The predicted molar refractivity (Wildman–Crippen MR) is 89.5 cm³/mol. The van der Waals surface area contributed by atoms with Crippen LogP contribution in [-0.4, -0.2) is 0 Å². The van der Waals surface area contributed by atoms with Crippen molar-refractivity contribution < 1.29 is 0 Å². The molecule has 0 heterocycles. The Morgan fingerprint density at radius 3 is 1.84 bits per heavy atom. The predicted octanol–water partition coefficient (Wildman–Crippen LogP) is 6.94. The fraction of sp³-hybridized carbons (Fsp3) is 1.00. The zero-order chi connectivity index (χ0) is 15.1. The van der Waals surface area contributed by atoms with Crippen LogP contribution in [-0.2, 0) is 0 Å². The first kappa shape index (κ1) is 19.0. The molecule has 19 heavy (non-hydrogen) atoms. The molecule has 4 unspecified atom stereocenters. The van der Waals surface area contributed by atoms with Gasteiger partial charge in [0.2, 0.25) is 0 Å². The van der Waals surface area contributed by atoms with E-state index in [1.165, 1.54) is 38.5 Å². The van der Waals surface area contributed by atoms with Crippen molar-refractivity contribution >= 4 is 0 Å². The maximum absolute atomic E-state index is 2.52. The fourth-order valence-electron chi connectivity index (χ4n) is 3.58. The molecule has 0 bridgehead atoms. The molecule has 0 aliphatic rings. The van der Waals surface area contributed by atoms with E-state index in [-0.39, 0.29) is 0 Å². The molecule has 0 nitrogen and oxygen atoms in total. The number of rotatable bonds is 10. The van der Waals surface area contributed by atoms with E-state index in [1.54, 1.807) is 0 Å². The first-order valence-corrected chi connectivity index (χ1v) is 8.80. The van der Waals surface area contributed by atoms with Gasteiger partial charge in [-0.2, -0.15) is 0 Å². The van der Waals surface area contributed by atoms with Crippen LogP contribution in [0.1, 0.15) is 93.9 Å². The van der Waals surface area contributed by atoms with Crippen LogP contribution >= 0.6 is 0 Å². The third kappa shape index (κ3) is 6.32. The van der Waals surface area contributed by atoms with E-state index in [0.29, 0.717) is 5.41 Å². The lowest BCUT2D eigenvalue weighted by molar-refractivity contribution is 0.118. The molecule has 0 spiro atoms. The van der Waals surface area contributed by atoms with E-state index in [1.807, 2.05) is 0 Å². The van der Waals surface area contributed by atoms with Gasteiger partial charge in [0, 0.05) is 0 Å². The van der Waals surface area contributed by atoms with Crippen molar-refractivity contribution in [3.05, 3.63) is 0 Å². The zero-order valence-electron chi connectivity index (χ0n) is 15.1. The fourth-order valence-corrected chi connectivity index (χ4v) is 3.58. The molecule has 0 amide bonds. The Bertz CT molecular complexity index is 218. The molecule has 0 aliphatic heterocycles. The standard InChI is InChI=1S/C19H40/c1-9-12-19(8,15(4)5)14-17(7)18(11-3)13-16(6)10-2/h15-18H,9-14H2,1-8H3. The molecule has 0 aromatic rings. The molecule has 0 aliphatic carbocycles. The van der Waals surface area contributed by atoms with Crippen molar-refractivity contribution in [1.29, 1.82) is 0 Å². The second-order valence-electron chi connectivity index (χ2n) is 7.66. The summed E-state index contributed by atoms with van der Waals surface area (Å²) in [4.78, 5) is 0. The highest BCUT2D eigenvalue weighted by Gasteiger charge is 2.31. The highest BCUT2D eigenvalue weighted by atomic mass is 14.4. The molecule has 0 N–H and O–H groups in total. The van der Waals surface area contributed by atoms with Gasteiger partial charge in [0.25, 0.3) is 0 Å². The van der Waals surface area contributed by atoms with E-state index in [9.17, 15) is 0 Å². The molecule has 0 rings (SSSR count). The minimum Gasteiger partial charge on any atom is -0.0654 e. The van der Waals surface area contributed by atoms with Gasteiger partial charge >= 0.3 is 0 Å². The van der Waals surface area contributed by atoms with Gasteiger partial charge in [-0.25, -0.2) is 0 Å². The second-order valence-corrected chi connectivity index (χ2v) is 7.66. The summed E-state index contributed by atoms with van der Waals surface area (Å²) in [5.41, 5.74) is 0.539. The average Bonchev–Trinajstić information content (AvgIpc) is 2.35. The summed E-state index contributed by atoms with van der Waals surface area (Å²) in [5.74, 6) is 3.49. The van der Waals surface area contributed by atoms with Crippen LogP contribution in [0, 0.1) is 29.1 Å². The molecule has 0 aromatic heterocycles. The zero-order valence-corrected chi connectivity index (χ0v) is 15.1. The van der Waals surface area contributed by atoms with Crippen LogP contribution in [0.3, 0.4) is 0 Å². The van der Waals surface area contributed by atoms with E-state index < -0.39 is 0 Å². The topological polar surface area (TPSA) is 0 Å². The molecule has 0 saturated heterocycles. The lowest BCUT2D eigenvalue weighted by atomic mass is 9.67. The van der Waals surface area contributed by atoms with Crippen LogP contribution in [0.2, 0.25) is 0 Å². The van der Waals surface area contributed by atoms with E-state index in [4.69, 9.17) is 0 Å². The molecule has 4 atom stereocenters. The summed E-state index contributed by atoms with van der Waals surface area (Å²) in [7, 11) is 0. The summed E-state index contributed by atoms with van der Waals surface area (Å²) < 4.78 is 0. The van der Waals surface area contributed by atoms with E-state index >= 15 is 0 Å². The van der Waals surface area contributed by atoms with Crippen molar-refractivity contribution in [2.75, 3.05) is 0 Å². The molecule has 0 heteroatoms. The molecule has 0 fully saturated rings. The summed E-state index contributed by atoms with van der Waals surface area (Å²) in [6.45, 7) is 19.3. The van der Waals surface area contributed by atoms with E-state index in [2.05, 4.69) is 55.4 Å². The molecule has 0 aromatic carbocycles. The Kier molecular flexibility index (Phi) is 9.03. The van der Waals surface area contributed by atoms with Gasteiger partial charge in [0.1, 0.15) is 0 Å². The highest BCUT2D eigenvalue weighted by Crippen LogP contribution is 2.42. The Balaban J connectivity index is 4.63. The average molecular weight is 269 g/mol. The highest BCUT2D eigenvalue weighted by molar-refractivity contribution is 4.82. The van der Waals surface area contributed by atoms with Crippen molar-refractivity contribution in [3.8, 4) is 0 Å². The van der Waals surface area contributed by atoms with Crippen molar-refractivity contribution in [2.45, 2.75) is 93.9 Å². The Hall–Kier alpha value is 0. The molecular weight excluding hydrogens is 228 g/mol. The van der Waals surface area contributed by atoms with Crippen LogP contribution in [0.5, 0.6) is 0 Å². The smallest absolute Gasteiger partial charge is 0.0300 e. The largest absolute Gasteiger partial charge is 0.0654 e. The third-order valence-electron chi connectivity index (χ3n) is 5.73. The van der Waals surface area contributed by atoms with Gasteiger partial charge in [0.15, 0.2) is 0 Å². The Morgan fingerprint density at radius 2 is 1.47 bits per heavy atom. The monoisotopic (exact) mass is 268 g/mol. The molecule has 116 valence electrons. The van der Waals surface area contributed by atoms with E-state index in [0.717, 1.165) is 23.7 Å². The second kappa shape index (κ2) is 9.03.